The Morgan fingerprint density at radius 2 is 2.10 bits per heavy atom. The minimum Gasteiger partial charge on any atom is -0.311 e. The van der Waals surface area contributed by atoms with Gasteiger partial charge >= 0.3 is 0 Å². The smallest absolute Gasteiger partial charge is 0.160 e. The molecule has 2 rings (SSSR count). The molecule has 0 aromatic carbocycles. The first-order valence-corrected chi connectivity index (χ1v) is 9.90. The molecule has 0 fully saturated rings. The fourth-order valence-electron chi connectivity index (χ4n) is 2.40. The number of hydrogen-bond acceptors (Lipinski definition) is 3. The van der Waals surface area contributed by atoms with E-state index in [1.807, 2.05) is 30.9 Å². The van der Waals surface area contributed by atoms with E-state index in [-0.39, 0.29) is 5.38 Å². The van der Waals surface area contributed by atoms with Crippen LogP contribution < -0.4 is 0 Å². The first-order chi connectivity index (χ1) is 10.1. The summed E-state index contributed by atoms with van der Waals surface area (Å²) in [4.78, 5) is 9.14. The monoisotopic (exact) mass is 389 g/mol. The van der Waals surface area contributed by atoms with E-state index in [4.69, 9.17) is 11.6 Å². The van der Waals surface area contributed by atoms with E-state index in [1.54, 1.807) is 0 Å². The number of thioether (sulfide) groups is 1. The van der Waals surface area contributed by atoms with Crippen LogP contribution in [0.2, 0.25) is 0 Å². The van der Waals surface area contributed by atoms with E-state index in [0.717, 1.165) is 34.4 Å². The molecule has 0 spiro atoms. The van der Waals surface area contributed by atoms with Gasteiger partial charge in [-0.3, -0.25) is 0 Å². The van der Waals surface area contributed by atoms with Crippen molar-refractivity contribution in [1.29, 1.82) is 0 Å². The quantitative estimate of drug-likeness (QED) is 0.445. The SMILES string of the molecule is CSCCCCCCn1c(C(C)Cl)nc2cc(Br)cnc21. The van der Waals surface area contributed by atoms with E-state index in [9.17, 15) is 0 Å². The molecular formula is C15H21BrClN3S. The van der Waals surface area contributed by atoms with Crippen molar-refractivity contribution in [3.63, 3.8) is 0 Å². The Morgan fingerprint density at radius 3 is 2.81 bits per heavy atom. The van der Waals surface area contributed by atoms with Crippen LogP contribution in [0.25, 0.3) is 11.2 Å². The highest BCUT2D eigenvalue weighted by molar-refractivity contribution is 9.10. The molecule has 21 heavy (non-hydrogen) atoms. The van der Waals surface area contributed by atoms with E-state index < -0.39 is 0 Å². The molecule has 0 N–H and O–H groups in total. The predicted molar refractivity (Wildman–Crippen MR) is 96.3 cm³/mol. The van der Waals surface area contributed by atoms with Crippen LogP contribution in [-0.2, 0) is 6.54 Å². The highest BCUT2D eigenvalue weighted by atomic mass is 79.9. The first kappa shape index (κ1) is 17.1. The molecule has 0 saturated carbocycles. The van der Waals surface area contributed by atoms with Crippen LogP contribution in [0.15, 0.2) is 16.7 Å². The van der Waals surface area contributed by atoms with Crippen LogP contribution in [0, 0.1) is 0 Å². The number of nitrogens with zero attached hydrogens (tertiary/aromatic N) is 3. The Bertz CT molecular complexity index is 586. The molecule has 0 aliphatic rings. The minimum absolute atomic E-state index is 0.102. The van der Waals surface area contributed by atoms with Gasteiger partial charge in [-0.1, -0.05) is 12.8 Å². The number of unbranched alkanes of at least 4 members (excludes halogenated alkanes) is 3. The number of halogens is 2. The lowest BCUT2D eigenvalue weighted by Crippen LogP contribution is -2.05. The van der Waals surface area contributed by atoms with Crippen LogP contribution in [0.5, 0.6) is 0 Å². The highest BCUT2D eigenvalue weighted by Gasteiger charge is 2.15. The second-order valence-corrected chi connectivity index (χ2v) is 7.70. The average Bonchev–Trinajstić information content (AvgIpc) is 2.80. The van der Waals surface area contributed by atoms with Gasteiger partial charge < -0.3 is 4.57 Å². The summed E-state index contributed by atoms with van der Waals surface area (Å²) in [6, 6.07) is 2.00. The van der Waals surface area contributed by atoms with Gasteiger partial charge in [0.2, 0.25) is 0 Å². The fourth-order valence-corrected chi connectivity index (χ4v) is 3.38. The molecule has 0 radical (unpaired) electrons. The molecule has 0 bridgehead atoms. The van der Waals surface area contributed by atoms with Gasteiger partial charge in [0.05, 0.1) is 5.38 Å². The van der Waals surface area contributed by atoms with Crippen molar-refractivity contribution >= 4 is 50.5 Å². The maximum Gasteiger partial charge on any atom is 0.160 e. The summed E-state index contributed by atoms with van der Waals surface area (Å²) in [6.07, 6.45) is 8.96. The van der Waals surface area contributed by atoms with Crippen molar-refractivity contribution in [2.24, 2.45) is 0 Å². The minimum atomic E-state index is -0.102. The summed E-state index contributed by atoms with van der Waals surface area (Å²) in [6.45, 7) is 2.91. The zero-order chi connectivity index (χ0) is 15.2. The Balaban J connectivity index is 2.08. The lowest BCUT2D eigenvalue weighted by molar-refractivity contribution is 0.573. The Kier molecular flexibility index (Phi) is 6.83. The second-order valence-electron chi connectivity index (χ2n) is 5.14. The van der Waals surface area contributed by atoms with Gasteiger partial charge in [0.1, 0.15) is 11.3 Å². The van der Waals surface area contributed by atoms with Gasteiger partial charge in [0.25, 0.3) is 0 Å². The largest absolute Gasteiger partial charge is 0.311 e. The van der Waals surface area contributed by atoms with Crippen molar-refractivity contribution in [3.8, 4) is 0 Å². The van der Waals surface area contributed by atoms with Crippen LogP contribution in [0.1, 0.15) is 43.8 Å². The number of hydrogen-bond donors (Lipinski definition) is 0. The van der Waals surface area contributed by atoms with Crippen molar-refractivity contribution in [1.82, 2.24) is 14.5 Å². The molecular weight excluding hydrogens is 370 g/mol. The van der Waals surface area contributed by atoms with E-state index in [1.165, 1.54) is 25.0 Å². The number of pyridine rings is 1. The summed E-state index contributed by atoms with van der Waals surface area (Å²) in [5.74, 6) is 2.18. The topological polar surface area (TPSA) is 30.7 Å². The van der Waals surface area contributed by atoms with Gasteiger partial charge in [-0.2, -0.15) is 11.8 Å². The number of imidazole rings is 1. The van der Waals surface area contributed by atoms with Gasteiger partial charge in [0.15, 0.2) is 5.65 Å². The molecule has 2 aromatic rings. The summed E-state index contributed by atoms with van der Waals surface area (Å²) < 4.78 is 3.12. The number of aromatic nitrogens is 3. The molecule has 0 aliphatic carbocycles. The predicted octanol–water partition coefficient (Wildman–Crippen LogP) is 5.42. The number of alkyl halides is 1. The summed E-state index contributed by atoms with van der Waals surface area (Å²) in [5.41, 5.74) is 1.85. The number of aryl methyl sites for hydroxylation is 1. The molecule has 0 saturated heterocycles. The second kappa shape index (κ2) is 8.39. The molecule has 1 unspecified atom stereocenters. The molecule has 1 atom stereocenters. The third-order valence-corrected chi connectivity index (χ3v) is 4.74. The normalized spacial score (nSPS) is 13.0. The van der Waals surface area contributed by atoms with Crippen LogP contribution in [-0.4, -0.2) is 26.5 Å². The van der Waals surface area contributed by atoms with Crippen LogP contribution in [0.3, 0.4) is 0 Å². The Hall–Kier alpha value is -0.260. The zero-order valence-corrected chi connectivity index (χ0v) is 15.6. The van der Waals surface area contributed by atoms with Gasteiger partial charge in [0, 0.05) is 17.2 Å². The molecule has 2 heterocycles. The van der Waals surface area contributed by atoms with E-state index >= 15 is 0 Å². The van der Waals surface area contributed by atoms with Gasteiger partial charge in [-0.15, -0.1) is 11.6 Å². The maximum atomic E-state index is 6.28. The van der Waals surface area contributed by atoms with Crippen molar-refractivity contribution < 1.29 is 0 Å². The standard InChI is InChI=1S/C15H21BrClN3S/c1-11(17)14-19-13-9-12(16)10-18-15(13)20(14)7-5-3-4-6-8-21-2/h9-11H,3-8H2,1-2H3. The molecule has 0 amide bonds. The summed E-state index contributed by atoms with van der Waals surface area (Å²) in [7, 11) is 0. The van der Waals surface area contributed by atoms with Crippen molar-refractivity contribution in [2.75, 3.05) is 12.0 Å². The maximum absolute atomic E-state index is 6.28. The Labute approximate surface area is 144 Å². The van der Waals surface area contributed by atoms with Gasteiger partial charge in [-0.05, 0) is 53.8 Å². The summed E-state index contributed by atoms with van der Waals surface area (Å²) >= 11 is 11.6. The molecule has 116 valence electrons. The van der Waals surface area contributed by atoms with E-state index in [2.05, 4.69) is 36.7 Å². The lowest BCUT2D eigenvalue weighted by Gasteiger charge is -2.09. The highest BCUT2D eigenvalue weighted by Crippen LogP contribution is 2.25. The van der Waals surface area contributed by atoms with Crippen molar-refractivity contribution in [3.05, 3.63) is 22.6 Å². The van der Waals surface area contributed by atoms with Crippen LogP contribution >= 0.6 is 39.3 Å². The number of fused-ring (bicyclic) bond motifs is 1. The van der Waals surface area contributed by atoms with Crippen molar-refractivity contribution in [2.45, 2.75) is 44.5 Å². The number of rotatable bonds is 8. The van der Waals surface area contributed by atoms with E-state index in [0.29, 0.717) is 0 Å². The van der Waals surface area contributed by atoms with Gasteiger partial charge in [-0.25, -0.2) is 9.97 Å². The third-order valence-electron chi connectivity index (χ3n) is 3.42. The third kappa shape index (κ3) is 4.60. The molecule has 6 heteroatoms. The zero-order valence-electron chi connectivity index (χ0n) is 12.5. The Morgan fingerprint density at radius 1 is 1.33 bits per heavy atom. The fraction of sp³-hybridized carbons (Fsp3) is 0.600. The average molecular weight is 391 g/mol. The van der Waals surface area contributed by atoms with Crippen LogP contribution in [0.4, 0.5) is 0 Å². The lowest BCUT2D eigenvalue weighted by atomic mass is 10.2. The summed E-state index contributed by atoms with van der Waals surface area (Å²) in [5, 5.41) is -0.102. The molecule has 0 aliphatic heterocycles. The molecule has 2 aromatic heterocycles. The molecule has 3 nitrogen and oxygen atoms in total. The first-order valence-electron chi connectivity index (χ1n) is 7.28.